The first kappa shape index (κ1) is 28.8. The molecular weight excluding hydrogens is 586 g/mol. The van der Waals surface area contributed by atoms with E-state index in [1.54, 1.807) is 10.8 Å². The Morgan fingerprint density at radius 1 is 0.844 bits per heavy atom. The monoisotopic (exact) mass is 617 g/mol. The maximum Gasteiger partial charge on any atom is 0.263 e. The lowest BCUT2D eigenvalue weighted by Gasteiger charge is -2.34. The van der Waals surface area contributed by atoms with Crippen molar-refractivity contribution >= 4 is 44.9 Å². The molecule has 3 aromatic carbocycles. The zero-order valence-corrected chi connectivity index (χ0v) is 25.8. The number of fused-ring (bicyclic) bond motifs is 2. The highest BCUT2D eigenvalue weighted by Gasteiger charge is 2.24. The highest BCUT2D eigenvalue weighted by Crippen LogP contribution is 2.37. The van der Waals surface area contributed by atoms with Crippen LogP contribution < -0.4 is 21.2 Å². The van der Waals surface area contributed by atoms with Crippen LogP contribution in [0.25, 0.3) is 38.6 Å². The van der Waals surface area contributed by atoms with Crippen LogP contribution in [0.2, 0.25) is 5.02 Å². The van der Waals surface area contributed by atoms with Crippen LogP contribution in [-0.4, -0.2) is 57.6 Å². The van der Waals surface area contributed by atoms with Crippen LogP contribution in [0.15, 0.2) is 101 Å². The molecule has 45 heavy (non-hydrogen) atoms. The molecule has 0 spiro atoms. The number of anilines is 2. The number of likely N-dealkylation sites (N-methyl/N-ethyl adjacent to an activating group) is 1. The normalized spacial score (nSPS) is 14.6. The van der Waals surface area contributed by atoms with Gasteiger partial charge in [0.1, 0.15) is 23.2 Å². The third-order valence-electron chi connectivity index (χ3n) is 8.56. The molecule has 0 saturated carbocycles. The molecule has 7 rings (SSSR count). The molecule has 0 bridgehead atoms. The average Bonchev–Trinajstić information content (AvgIpc) is 3.07. The molecule has 0 radical (unpaired) electrons. The molecule has 0 unspecified atom stereocenters. The number of piperazine rings is 1. The van der Waals surface area contributed by atoms with E-state index >= 15 is 0 Å². The first-order valence-electron chi connectivity index (χ1n) is 15.0. The van der Waals surface area contributed by atoms with Gasteiger partial charge in [0.05, 0.1) is 22.1 Å². The summed E-state index contributed by atoms with van der Waals surface area (Å²) in [6, 6.07) is 24.6. The third-order valence-corrected chi connectivity index (χ3v) is 8.95. The molecule has 4 heterocycles. The summed E-state index contributed by atoms with van der Waals surface area (Å²) in [5.74, 6) is 0.353. The quantitative estimate of drug-likeness (QED) is 0.241. The topological polar surface area (TPSA) is 99.2 Å². The fourth-order valence-electron chi connectivity index (χ4n) is 6.19. The lowest BCUT2D eigenvalue weighted by atomic mass is 9.97. The first-order valence-corrected chi connectivity index (χ1v) is 15.3. The maximum absolute atomic E-state index is 14.6. The smallest absolute Gasteiger partial charge is 0.263 e. The van der Waals surface area contributed by atoms with Gasteiger partial charge in [-0.2, -0.15) is 0 Å². The summed E-state index contributed by atoms with van der Waals surface area (Å²) in [5, 5.41) is 5.32. The lowest BCUT2D eigenvalue weighted by Crippen LogP contribution is -2.44. The van der Waals surface area contributed by atoms with E-state index in [0.717, 1.165) is 37.3 Å². The molecule has 226 valence electrons. The van der Waals surface area contributed by atoms with Gasteiger partial charge < -0.3 is 20.1 Å². The van der Waals surface area contributed by atoms with E-state index in [4.69, 9.17) is 11.6 Å². The van der Waals surface area contributed by atoms with Crippen molar-refractivity contribution in [1.82, 2.24) is 24.4 Å². The van der Waals surface area contributed by atoms with Gasteiger partial charge in [0.25, 0.3) is 5.56 Å². The zero-order valence-electron chi connectivity index (χ0n) is 25.0. The number of halogens is 1. The molecule has 2 N–H and O–H groups in total. The molecule has 0 aliphatic carbocycles. The van der Waals surface area contributed by atoms with Crippen LogP contribution in [0.5, 0.6) is 0 Å². The van der Waals surface area contributed by atoms with Crippen LogP contribution in [0.4, 0.5) is 11.5 Å². The van der Waals surface area contributed by atoms with Crippen molar-refractivity contribution in [2.24, 2.45) is 0 Å². The summed E-state index contributed by atoms with van der Waals surface area (Å²) in [7, 11) is 2.15. The second-order valence-corrected chi connectivity index (χ2v) is 11.8. The third kappa shape index (κ3) is 5.24. The Hall–Kier alpha value is -4.99. The van der Waals surface area contributed by atoms with E-state index < -0.39 is 6.04 Å². The van der Waals surface area contributed by atoms with Gasteiger partial charge in [0, 0.05) is 55.2 Å². The van der Waals surface area contributed by atoms with Gasteiger partial charge in [-0.05, 0) is 49.4 Å². The minimum atomic E-state index is -0.515. The van der Waals surface area contributed by atoms with E-state index in [1.165, 1.54) is 18.1 Å². The van der Waals surface area contributed by atoms with E-state index in [-0.39, 0.29) is 11.0 Å². The van der Waals surface area contributed by atoms with E-state index in [9.17, 15) is 9.59 Å². The van der Waals surface area contributed by atoms with Crippen molar-refractivity contribution in [2.45, 2.75) is 13.0 Å². The summed E-state index contributed by atoms with van der Waals surface area (Å²) < 4.78 is 1.66. The number of rotatable bonds is 6. The largest absolute Gasteiger partial charge is 0.369 e. The van der Waals surface area contributed by atoms with Crippen molar-refractivity contribution in [3.63, 3.8) is 0 Å². The van der Waals surface area contributed by atoms with Crippen molar-refractivity contribution in [3.8, 4) is 16.8 Å². The highest BCUT2D eigenvalue weighted by atomic mass is 35.5. The predicted molar refractivity (Wildman–Crippen MR) is 182 cm³/mol. The summed E-state index contributed by atoms with van der Waals surface area (Å²) >= 11 is 7.27. The van der Waals surface area contributed by atoms with Gasteiger partial charge in [0.15, 0.2) is 5.43 Å². The van der Waals surface area contributed by atoms with E-state index in [2.05, 4.69) is 61.4 Å². The number of hydrogen-bond acceptors (Lipinski definition) is 7. The number of aromatic nitrogens is 4. The van der Waals surface area contributed by atoms with Gasteiger partial charge in [-0.3, -0.25) is 14.2 Å². The zero-order chi connectivity index (χ0) is 31.1. The summed E-state index contributed by atoms with van der Waals surface area (Å²) in [6.45, 7) is 5.92. The fraction of sp³-hybridized carbons (Fsp3) is 0.200. The maximum atomic E-state index is 14.6. The van der Waals surface area contributed by atoms with Crippen molar-refractivity contribution in [3.05, 3.63) is 123 Å². The van der Waals surface area contributed by atoms with Crippen LogP contribution in [-0.2, 0) is 0 Å². The number of nitrogens with zero attached hydrogens (tertiary/aromatic N) is 5. The van der Waals surface area contributed by atoms with Gasteiger partial charge in [0.2, 0.25) is 0 Å². The van der Waals surface area contributed by atoms with Crippen LogP contribution >= 0.6 is 11.6 Å². The number of aromatic amines is 1. The van der Waals surface area contributed by atoms with Crippen LogP contribution in [0.3, 0.4) is 0 Å². The van der Waals surface area contributed by atoms with Crippen molar-refractivity contribution < 1.29 is 0 Å². The molecule has 1 aliphatic heterocycles. The molecule has 1 atom stereocenters. The van der Waals surface area contributed by atoms with Gasteiger partial charge in [-0.25, -0.2) is 9.97 Å². The molecule has 6 aromatic rings. The number of para-hydroxylation sites is 1. The lowest BCUT2D eigenvalue weighted by molar-refractivity contribution is 0.313. The predicted octanol–water partition coefficient (Wildman–Crippen LogP) is 5.87. The molecule has 9 nitrogen and oxygen atoms in total. The molecule has 1 fully saturated rings. The highest BCUT2D eigenvalue weighted by molar-refractivity contribution is 6.36. The number of benzene rings is 3. The van der Waals surface area contributed by atoms with E-state index in [1.807, 2.05) is 55.5 Å². The Morgan fingerprint density at radius 2 is 1.60 bits per heavy atom. The Morgan fingerprint density at radius 3 is 2.36 bits per heavy atom. The Bertz CT molecular complexity index is 2130. The van der Waals surface area contributed by atoms with Crippen molar-refractivity contribution in [2.75, 3.05) is 43.4 Å². The summed E-state index contributed by atoms with van der Waals surface area (Å²) in [6.07, 6.45) is 2.94. The SMILES string of the molecule is C[C@H](Nc1ncnc2[nH]ccc(=O)c12)c1c(Cl)c2cccc(-c3ccc(N4CCN(C)CC4)cc3)c2c(=O)n1-c1ccccc1. The number of hydrogen-bond donors (Lipinski definition) is 2. The Labute approximate surface area is 264 Å². The van der Waals surface area contributed by atoms with Gasteiger partial charge in [-0.15, -0.1) is 0 Å². The van der Waals surface area contributed by atoms with Crippen LogP contribution in [0.1, 0.15) is 18.7 Å². The number of H-pyrrole nitrogens is 1. The molecule has 10 heteroatoms. The van der Waals surface area contributed by atoms with E-state index in [0.29, 0.717) is 44.0 Å². The standard InChI is InChI=1S/C35H32ClN7O2/c1-22(40-34-30-28(44)15-16-37-33(30)38-21-39-34)32-31(36)27-10-6-9-26(29(27)35(45)43(32)25-7-4-3-5-8-25)23-11-13-24(14-12-23)42-19-17-41(2)18-20-42/h3-16,21-22H,17-20H2,1-2H3,(H2,37,38,39,40,44)/t22-/m0/s1. The molecular formula is C35H32ClN7O2. The summed E-state index contributed by atoms with van der Waals surface area (Å²) in [5.41, 5.74) is 4.18. The fourth-order valence-corrected chi connectivity index (χ4v) is 6.59. The minimum absolute atomic E-state index is 0.187. The minimum Gasteiger partial charge on any atom is -0.369 e. The van der Waals surface area contributed by atoms with Gasteiger partial charge >= 0.3 is 0 Å². The molecule has 3 aromatic heterocycles. The second-order valence-electron chi connectivity index (χ2n) is 11.4. The molecule has 1 aliphatic rings. The Kier molecular flexibility index (Phi) is 7.56. The number of nitrogens with one attached hydrogen (secondary N) is 2. The average molecular weight is 618 g/mol. The van der Waals surface area contributed by atoms with Gasteiger partial charge in [-0.1, -0.05) is 60.1 Å². The van der Waals surface area contributed by atoms with Crippen LogP contribution in [0, 0.1) is 0 Å². The first-order chi connectivity index (χ1) is 21.9. The second kappa shape index (κ2) is 11.8. The van der Waals surface area contributed by atoms with Crippen molar-refractivity contribution in [1.29, 1.82) is 0 Å². The summed E-state index contributed by atoms with van der Waals surface area (Å²) in [4.78, 5) is 43.7. The molecule has 1 saturated heterocycles. The number of pyridine rings is 2. The molecule has 0 amide bonds. The Balaban J connectivity index is 1.37.